The molecule has 128 valence electrons. The van der Waals surface area contributed by atoms with Crippen LogP contribution in [0.2, 0.25) is 5.02 Å². The Bertz CT molecular complexity index is 696. The second-order valence-corrected chi connectivity index (χ2v) is 5.74. The number of hydrogen-bond acceptors (Lipinski definition) is 3. The van der Waals surface area contributed by atoms with E-state index in [0.717, 1.165) is 12.0 Å². The van der Waals surface area contributed by atoms with E-state index in [4.69, 9.17) is 21.1 Å². The monoisotopic (exact) mass is 347 g/mol. The topological polar surface area (TPSA) is 47.6 Å². The van der Waals surface area contributed by atoms with Crippen LogP contribution in [0.1, 0.15) is 36.2 Å². The van der Waals surface area contributed by atoms with Gasteiger partial charge in [0.05, 0.1) is 23.9 Å². The van der Waals surface area contributed by atoms with Gasteiger partial charge >= 0.3 is 0 Å². The molecule has 0 radical (unpaired) electrons. The number of aryl methyl sites for hydroxylation is 1. The minimum absolute atomic E-state index is 0.241. The van der Waals surface area contributed by atoms with Crippen molar-refractivity contribution in [1.82, 2.24) is 0 Å². The molecule has 1 amide bonds. The van der Waals surface area contributed by atoms with Crippen molar-refractivity contribution in [3.05, 3.63) is 52.5 Å². The first-order valence-corrected chi connectivity index (χ1v) is 8.40. The van der Waals surface area contributed by atoms with Gasteiger partial charge in [0.1, 0.15) is 0 Å². The van der Waals surface area contributed by atoms with Crippen LogP contribution in [-0.2, 0) is 0 Å². The number of carbonyl (C=O) groups excluding carboxylic acids is 1. The number of rotatable bonds is 7. The van der Waals surface area contributed by atoms with Gasteiger partial charge in [-0.2, -0.15) is 0 Å². The van der Waals surface area contributed by atoms with Crippen LogP contribution < -0.4 is 14.8 Å². The van der Waals surface area contributed by atoms with Crippen LogP contribution >= 0.6 is 11.6 Å². The maximum absolute atomic E-state index is 12.5. The molecule has 0 saturated heterocycles. The van der Waals surface area contributed by atoms with E-state index in [-0.39, 0.29) is 5.91 Å². The van der Waals surface area contributed by atoms with Gasteiger partial charge in [0.25, 0.3) is 5.91 Å². The molecule has 0 unspecified atom stereocenters. The van der Waals surface area contributed by atoms with Crippen molar-refractivity contribution in [2.45, 2.75) is 27.2 Å². The lowest BCUT2D eigenvalue weighted by Crippen LogP contribution is -2.13. The van der Waals surface area contributed by atoms with Gasteiger partial charge < -0.3 is 14.8 Å². The van der Waals surface area contributed by atoms with E-state index in [0.29, 0.717) is 41.0 Å². The Morgan fingerprint density at radius 2 is 1.92 bits per heavy atom. The molecule has 0 spiro atoms. The molecule has 2 rings (SSSR count). The zero-order chi connectivity index (χ0) is 17.5. The molecule has 0 saturated carbocycles. The standard InChI is InChI=1S/C19H22ClNO3/c1-4-11-24-16-10-9-14(12-17(16)23-5-2)19(22)21-18-13(3)7-6-8-15(18)20/h6-10,12H,4-5,11H2,1-3H3,(H,21,22). The predicted molar refractivity (Wildman–Crippen MR) is 97.5 cm³/mol. The summed E-state index contributed by atoms with van der Waals surface area (Å²) in [5, 5.41) is 3.37. The number of carbonyl (C=O) groups is 1. The highest BCUT2D eigenvalue weighted by atomic mass is 35.5. The second-order valence-electron chi connectivity index (χ2n) is 5.33. The maximum atomic E-state index is 12.5. The lowest BCUT2D eigenvalue weighted by molar-refractivity contribution is 0.102. The second kappa shape index (κ2) is 8.60. The Hall–Kier alpha value is -2.20. The lowest BCUT2D eigenvalue weighted by atomic mass is 10.1. The van der Waals surface area contributed by atoms with Crippen LogP contribution in [0.3, 0.4) is 0 Å². The van der Waals surface area contributed by atoms with Gasteiger partial charge in [0.15, 0.2) is 11.5 Å². The predicted octanol–water partition coefficient (Wildman–Crippen LogP) is 5.09. The molecule has 0 aliphatic rings. The van der Waals surface area contributed by atoms with Crippen LogP contribution in [0.5, 0.6) is 11.5 Å². The lowest BCUT2D eigenvalue weighted by Gasteiger charge is -2.14. The summed E-state index contributed by atoms with van der Waals surface area (Å²) in [5.41, 5.74) is 2.01. The van der Waals surface area contributed by atoms with Gasteiger partial charge in [0, 0.05) is 5.56 Å². The number of hydrogen-bond donors (Lipinski definition) is 1. The highest BCUT2D eigenvalue weighted by molar-refractivity contribution is 6.34. The molecule has 24 heavy (non-hydrogen) atoms. The molecular weight excluding hydrogens is 326 g/mol. The van der Waals surface area contributed by atoms with Gasteiger partial charge in [-0.3, -0.25) is 4.79 Å². The minimum atomic E-state index is -0.241. The fraction of sp³-hybridized carbons (Fsp3) is 0.316. The fourth-order valence-electron chi connectivity index (χ4n) is 2.22. The fourth-order valence-corrected chi connectivity index (χ4v) is 2.49. The molecule has 1 N–H and O–H groups in total. The molecule has 0 aliphatic carbocycles. The smallest absolute Gasteiger partial charge is 0.255 e. The summed E-state index contributed by atoms with van der Waals surface area (Å²) in [6.07, 6.45) is 0.902. The van der Waals surface area contributed by atoms with Crippen LogP contribution in [0.25, 0.3) is 0 Å². The third-order valence-electron chi connectivity index (χ3n) is 3.43. The van der Waals surface area contributed by atoms with E-state index in [1.54, 1.807) is 24.3 Å². The van der Waals surface area contributed by atoms with Crippen molar-refractivity contribution in [3.63, 3.8) is 0 Å². The molecular formula is C19H22ClNO3. The van der Waals surface area contributed by atoms with Crippen molar-refractivity contribution in [1.29, 1.82) is 0 Å². The molecule has 0 bridgehead atoms. The zero-order valence-corrected chi connectivity index (χ0v) is 14.9. The average Bonchev–Trinajstić information content (AvgIpc) is 2.57. The molecule has 0 atom stereocenters. The first-order valence-electron chi connectivity index (χ1n) is 8.02. The number of ether oxygens (including phenoxy) is 2. The maximum Gasteiger partial charge on any atom is 0.255 e. The summed E-state index contributed by atoms with van der Waals surface area (Å²) < 4.78 is 11.2. The van der Waals surface area contributed by atoms with Gasteiger partial charge in [0.2, 0.25) is 0 Å². The first kappa shape index (κ1) is 18.1. The highest BCUT2D eigenvalue weighted by Gasteiger charge is 2.14. The average molecular weight is 348 g/mol. The van der Waals surface area contributed by atoms with E-state index in [1.165, 1.54) is 0 Å². The third-order valence-corrected chi connectivity index (χ3v) is 3.74. The number of benzene rings is 2. The molecule has 0 fully saturated rings. The highest BCUT2D eigenvalue weighted by Crippen LogP contribution is 2.30. The molecule has 0 aliphatic heterocycles. The quantitative estimate of drug-likeness (QED) is 0.759. The largest absolute Gasteiger partial charge is 0.490 e. The Morgan fingerprint density at radius 1 is 1.12 bits per heavy atom. The molecule has 0 heterocycles. The Morgan fingerprint density at radius 3 is 2.58 bits per heavy atom. The van der Waals surface area contributed by atoms with Gasteiger partial charge in [-0.25, -0.2) is 0 Å². The summed E-state index contributed by atoms with van der Waals surface area (Å²) in [5.74, 6) is 0.966. The molecule has 0 aromatic heterocycles. The number of amides is 1. The van der Waals surface area contributed by atoms with Gasteiger partial charge in [-0.05, 0) is 50.1 Å². The van der Waals surface area contributed by atoms with Crippen LogP contribution in [-0.4, -0.2) is 19.1 Å². The van der Waals surface area contributed by atoms with Gasteiger partial charge in [-0.15, -0.1) is 0 Å². The minimum Gasteiger partial charge on any atom is -0.490 e. The Balaban J connectivity index is 2.24. The number of halogens is 1. The van der Waals surface area contributed by atoms with Crippen molar-refractivity contribution in [2.75, 3.05) is 18.5 Å². The van der Waals surface area contributed by atoms with Crippen molar-refractivity contribution in [3.8, 4) is 11.5 Å². The Kier molecular flexibility index (Phi) is 6.50. The van der Waals surface area contributed by atoms with Crippen molar-refractivity contribution >= 4 is 23.2 Å². The first-order chi connectivity index (χ1) is 11.6. The zero-order valence-electron chi connectivity index (χ0n) is 14.2. The van der Waals surface area contributed by atoms with E-state index in [1.807, 2.05) is 32.9 Å². The van der Waals surface area contributed by atoms with E-state index in [9.17, 15) is 4.79 Å². The summed E-state index contributed by atoms with van der Waals surface area (Å²) >= 11 is 6.17. The SMILES string of the molecule is CCCOc1ccc(C(=O)Nc2c(C)cccc2Cl)cc1OCC. The van der Waals surface area contributed by atoms with E-state index < -0.39 is 0 Å². The summed E-state index contributed by atoms with van der Waals surface area (Å²) in [6.45, 7) is 6.92. The van der Waals surface area contributed by atoms with Crippen LogP contribution in [0.15, 0.2) is 36.4 Å². The van der Waals surface area contributed by atoms with E-state index >= 15 is 0 Å². The van der Waals surface area contributed by atoms with Crippen molar-refractivity contribution in [2.24, 2.45) is 0 Å². The molecule has 5 heteroatoms. The summed E-state index contributed by atoms with van der Waals surface area (Å²) in [4.78, 5) is 12.5. The van der Waals surface area contributed by atoms with Gasteiger partial charge in [-0.1, -0.05) is 30.7 Å². The van der Waals surface area contributed by atoms with Crippen molar-refractivity contribution < 1.29 is 14.3 Å². The number of anilines is 1. The molecule has 4 nitrogen and oxygen atoms in total. The van der Waals surface area contributed by atoms with Crippen LogP contribution in [0.4, 0.5) is 5.69 Å². The normalized spacial score (nSPS) is 10.3. The summed E-state index contributed by atoms with van der Waals surface area (Å²) in [7, 11) is 0. The molecule has 2 aromatic carbocycles. The number of para-hydroxylation sites is 1. The molecule has 2 aromatic rings. The van der Waals surface area contributed by atoms with E-state index in [2.05, 4.69) is 5.32 Å². The number of nitrogens with one attached hydrogen (secondary N) is 1. The Labute approximate surface area is 147 Å². The van der Waals surface area contributed by atoms with Crippen LogP contribution in [0, 0.1) is 6.92 Å². The summed E-state index contributed by atoms with van der Waals surface area (Å²) in [6, 6.07) is 10.7. The third kappa shape index (κ3) is 4.42.